The monoisotopic (exact) mass is 312 g/mol. The second-order valence-electron chi connectivity index (χ2n) is 5.79. The Morgan fingerprint density at radius 1 is 1.43 bits per heavy atom. The Hall–Kier alpha value is -1.18. The van der Waals surface area contributed by atoms with Crippen molar-refractivity contribution in [1.29, 1.82) is 0 Å². The fraction of sp³-hybridized carbons (Fsp3) is 0.714. The van der Waals surface area contributed by atoms with Crippen LogP contribution in [0.25, 0.3) is 0 Å². The van der Waals surface area contributed by atoms with Crippen LogP contribution in [0.3, 0.4) is 0 Å². The van der Waals surface area contributed by atoms with E-state index in [0.717, 1.165) is 36.2 Å². The van der Waals surface area contributed by atoms with Crippen LogP contribution in [0.1, 0.15) is 23.7 Å². The standard InChI is InChI=1S/C14H24N4O2S/c1-11-15-8-12(21-11)9-16-13(19)17-10-14(2,3)18-4-6-20-7-5-18/h8H,4-7,9-10H2,1-3H3,(H2,16,17,19). The third-order valence-corrected chi connectivity index (χ3v) is 4.55. The van der Waals surface area contributed by atoms with Crippen LogP contribution >= 0.6 is 11.3 Å². The molecule has 1 aliphatic heterocycles. The Balaban J connectivity index is 1.72. The second-order valence-corrected chi connectivity index (χ2v) is 7.11. The third-order valence-electron chi connectivity index (χ3n) is 3.64. The van der Waals surface area contributed by atoms with Crippen LogP contribution < -0.4 is 10.6 Å². The number of hydrogen-bond donors (Lipinski definition) is 2. The fourth-order valence-electron chi connectivity index (χ4n) is 2.29. The molecule has 1 aliphatic rings. The molecular weight excluding hydrogens is 288 g/mol. The van der Waals surface area contributed by atoms with Gasteiger partial charge in [-0.15, -0.1) is 11.3 Å². The zero-order chi connectivity index (χ0) is 15.3. The normalized spacial score (nSPS) is 16.7. The molecule has 2 heterocycles. The molecule has 0 aromatic carbocycles. The minimum absolute atomic E-state index is 0.0673. The molecule has 21 heavy (non-hydrogen) atoms. The highest BCUT2D eigenvalue weighted by atomic mass is 32.1. The van der Waals surface area contributed by atoms with Crippen LogP contribution in [0.15, 0.2) is 6.20 Å². The van der Waals surface area contributed by atoms with Crippen LogP contribution in [-0.2, 0) is 11.3 Å². The summed E-state index contributed by atoms with van der Waals surface area (Å²) < 4.78 is 5.36. The molecule has 0 aliphatic carbocycles. The summed E-state index contributed by atoms with van der Waals surface area (Å²) in [5.74, 6) is 0. The van der Waals surface area contributed by atoms with Gasteiger partial charge in [0.25, 0.3) is 0 Å². The average molecular weight is 312 g/mol. The van der Waals surface area contributed by atoms with E-state index >= 15 is 0 Å². The SMILES string of the molecule is Cc1ncc(CNC(=O)NCC(C)(C)N2CCOCC2)s1. The van der Waals surface area contributed by atoms with Crippen molar-refractivity contribution >= 4 is 17.4 Å². The zero-order valence-electron chi connectivity index (χ0n) is 12.9. The summed E-state index contributed by atoms with van der Waals surface area (Å²) in [5.41, 5.74) is -0.0673. The van der Waals surface area contributed by atoms with Crippen molar-refractivity contribution in [3.05, 3.63) is 16.1 Å². The first-order valence-electron chi connectivity index (χ1n) is 7.23. The van der Waals surface area contributed by atoms with Crippen molar-refractivity contribution in [2.24, 2.45) is 0 Å². The van der Waals surface area contributed by atoms with Gasteiger partial charge in [0.1, 0.15) is 0 Å². The number of urea groups is 1. The number of aryl methyl sites for hydroxylation is 1. The number of hydrogen-bond acceptors (Lipinski definition) is 5. The molecule has 6 nitrogen and oxygen atoms in total. The molecule has 0 atom stereocenters. The first kappa shape index (κ1) is 16.2. The predicted molar refractivity (Wildman–Crippen MR) is 83.6 cm³/mol. The van der Waals surface area contributed by atoms with Gasteiger partial charge in [-0.05, 0) is 20.8 Å². The van der Waals surface area contributed by atoms with E-state index in [-0.39, 0.29) is 11.6 Å². The van der Waals surface area contributed by atoms with Gasteiger partial charge in [-0.3, -0.25) is 4.90 Å². The lowest BCUT2D eigenvalue weighted by molar-refractivity contribution is -0.00874. The Morgan fingerprint density at radius 3 is 2.76 bits per heavy atom. The molecular formula is C14H24N4O2S. The highest BCUT2D eigenvalue weighted by Crippen LogP contribution is 2.15. The molecule has 0 bridgehead atoms. The summed E-state index contributed by atoms with van der Waals surface area (Å²) in [6.45, 7) is 10.7. The highest BCUT2D eigenvalue weighted by molar-refractivity contribution is 7.11. The molecule has 2 N–H and O–H groups in total. The molecule has 2 amide bonds. The van der Waals surface area contributed by atoms with Crippen molar-refractivity contribution in [1.82, 2.24) is 20.5 Å². The second kappa shape index (κ2) is 7.20. The van der Waals surface area contributed by atoms with Gasteiger partial charge in [-0.2, -0.15) is 0 Å². The molecule has 1 aromatic heterocycles. The van der Waals surface area contributed by atoms with Gasteiger partial charge >= 0.3 is 6.03 Å². The lowest BCUT2D eigenvalue weighted by Gasteiger charge is -2.40. The van der Waals surface area contributed by atoms with Gasteiger partial charge in [0.2, 0.25) is 0 Å². The van der Waals surface area contributed by atoms with Crippen molar-refractivity contribution in [2.45, 2.75) is 32.9 Å². The Labute approximate surface area is 129 Å². The van der Waals surface area contributed by atoms with E-state index in [0.29, 0.717) is 13.1 Å². The number of amides is 2. The number of aromatic nitrogens is 1. The van der Waals surface area contributed by atoms with Crippen LogP contribution in [-0.4, -0.2) is 54.3 Å². The molecule has 0 spiro atoms. The summed E-state index contributed by atoms with van der Waals surface area (Å²) in [6.07, 6.45) is 1.80. The van der Waals surface area contributed by atoms with Crippen LogP contribution in [0, 0.1) is 6.92 Å². The number of nitrogens with one attached hydrogen (secondary N) is 2. The molecule has 0 radical (unpaired) electrons. The van der Waals surface area contributed by atoms with Crippen molar-refractivity contribution in [3.8, 4) is 0 Å². The maximum atomic E-state index is 11.9. The molecule has 1 saturated heterocycles. The molecule has 1 fully saturated rings. The first-order chi connectivity index (χ1) is 9.97. The van der Waals surface area contributed by atoms with Crippen LogP contribution in [0.5, 0.6) is 0 Å². The number of nitrogens with zero attached hydrogens (tertiary/aromatic N) is 2. The maximum absolute atomic E-state index is 11.9. The third kappa shape index (κ3) is 4.94. The number of thiazole rings is 1. The van der Waals surface area contributed by atoms with Crippen molar-refractivity contribution < 1.29 is 9.53 Å². The van der Waals surface area contributed by atoms with Gasteiger partial charge in [-0.1, -0.05) is 0 Å². The van der Waals surface area contributed by atoms with E-state index in [1.807, 2.05) is 6.92 Å². The summed E-state index contributed by atoms with van der Waals surface area (Å²) in [6, 6.07) is -0.137. The summed E-state index contributed by atoms with van der Waals surface area (Å²) >= 11 is 1.60. The van der Waals surface area contributed by atoms with Gasteiger partial charge < -0.3 is 15.4 Å². The van der Waals surface area contributed by atoms with E-state index < -0.39 is 0 Å². The smallest absolute Gasteiger partial charge is 0.315 e. The van der Waals surface area contributed by atoms with E-state index in [4.69, 9.17) is 4.74 Å². The lowest BCUT2D eigenvalue weighted by atomic mass is 10.0. The van der Waals surface area contributed by atoms with E-state index in [1.165, 1.54) is 0 Å². The topological polar surface area (TPSA) is 66.5 Å². The Morgan fingerprint density at radius 2 is 2.14 bits per heavy atom. The van der Waals surface area contributed by atoms with E-state index in [2.05, 4.69) is 34.4 Å². The van der Waals surface area contributed by atoms with Crippen LogP contribution in [0.2, 0.25) is 0 Å². The minimum Gasteiger partial charge on any atom is -0.379 e. The molecule has 0 unspecified atom stereocenters. The molecule has 0 saturated carbocycles. The van der Waals surface area contributed by atoms with Crippen molar-refractivity contribution in [3.63, 3.8) is 0 Å². The summed E-state index contributed by atoms with van der Waals surface area (Å²) in [7, 11) is 0. The molecule has 1 aromatic rings. The summed E-state index contributed by atoms with van der Waals surface area (Å²) in [5, 5.41) is 6.83. The Kier molecular flexibility index (Phi) is 5.55. The fourth-order valence-corrected chi connectivity index (χ4v) is 3.03. The predicted octanol–water partition coefficient (Wildman–Crippen LogP) is 1.36. The van der Waals surface area contributed by atoms with E-state index in [9.17, 15) is 4.79 Å². The first-order valence-corrected chi connectivity index (χ1v) is 8.05. The van der Waals surface area contributed by atoms with E-state index in [1.54, 1.807) is 17.5 Å². The number of carbonyl (C=O) groups excluding carboxylic acids is 1. The number of rotatable bonds is 5. The van der Waals surface area contributed by atoms with Gasteiger partial charge in [0.05, 0.1) is 24.8 Å². The largest absolute Gasteiger partial charge is 0.379 e. The summed E-state index contributed by atoms with van der Waals surface area (Å²) in [4.78, 5) is 19.5. The zero-order valence-corrected chi connectivity index (χ0v) is 13.8. The Bertz CT molecular complexity index is 469. The van der Waals surface area contributed by atoms with Gasteiger partial charge in [0, 0.05) is 36.2 Å². The van der Waals surface area contributed by atoms with Crippen LogP contribution in [0.4, 0.5) is 4.79 Å². The number of carbonyl (C=O) groups is 1. The number of ether oxygens (including phenoxy) is 1. The molecule has 118 valence electrons. The average Bonchev–Trinajstić information content (AvgIpc) is 2.90. The quantitative estimate of drug-likeness (QED) is 0.861. The maximum Gasteiger partial charge on any atom is 0.315 e. The molecule has 2 rings (SSSR count). The van der Waals surface area contributed by atoms with Crippen molar-refractivity contribution in [2.75, 3.05) is 32.8 Å². The highest BCUT2D eigenvalue weighted by Gasteiger charge is 2.28. The lowest BCUT2D eigenvalue weighted by Crippen LogP contribution is -2.56. The molecule has 7 heteroatoms. The van der Waals surface area contributed by atoms with Gasteiger partial charge in [-0.25, -0.2) is 9.78 Å². The number of morpholine rings is 1. The minimum atomic E-state index is -0.137. The van der Waals surface area contributed by atoms with Gasteiger partial charge in [0.15, 0.2) is 0 Å².